The van der Waals surface area contributed by atoms with E-state index in [0.717, 1.165) is 53.5 Å². The van der Waals surface area contributed by atoms with Crippen molar-refractivity contribution >= 4 is 0 Å². The van der Waals surface area contributed by atoms with Crippen LogP contribution in [0.25, 0.3) is 0 Å². The molecular weight excluding hydrogens is 376 g/mol. The second-order valence-corrected chi connectivity index (χ2v) is 12.0. The van der Waals surface area contributed by atoms with Gasteiger partial charge in [0, 0.05) is 12.7 Å². The summed E-state index contributed by atoms with van der Waals surface area (Å²) in [6.45, 7) is 6.11. The van der Waals surface area contributed by atoms with Crippen molar-refractivity contribution in [2.45, 2.75) is 104 Å². The molecule has 4 aliphatic rings. The van der Waals surface area contributed by atoms with E-state index >= 15 is 0 Å². The number of aryl methyl sites for hydroxylation is 1. The predicted octanol–water partition coefficient (Wildman–Crippen LogP) is 7.33. The van der Waals surface area contributed by atoms with E-state index in [0.29, 0.717) is 5.41 Å². The normalized spacial score (nSPS) is 42.2. The first-order chi connectivity index (χ1) is 15.1. The van der Waals surface area contributed by atoms with E-state index in [1.165, 1.54) is 57.8 Å². The van der Waals surface area contributed by atoms with Gasteiger partial charge in [0.15, 0.2) is 0 Å². The lowest BCUT2D eigenvalue weighted by atomic mass is 9.44. The summed E-state index contributed by atoms with van der Waals surface area (Å²) in [4.78, 5) is 0. The van der Waals surface area contributed by atoms with Crippen LogP contribution in [0.2, 0.25) is 0 Å². The highest BCUT2D eigenvalue weighted by molar-refractivity contribution is 5.26. The Hall–Kier alpha value is -1.23. The summed E-state index contributed by atoms with van der Waals surface area (Å²) >= 11 is 0. The van der Waals surface area contributed by atoms with Crippen molar-refractivity contribution in [3.63, 3.8) is 0 Å². The minimum Gasteiger partial charge on any atom is -0.271 e. The van der Waals surface area contributed by atoms with Crippen LogP contribution in [0.1, 0.15) is 103 Å². The van der Waals surface area contributed by atoms with Crippen molar-refractivity contribution in [1.29, 1.82) is 0 Å². The van der Waals surface area contributed by atoms with Crippen LogP contribution >= 0.6 is 0 Å². The molecule has 0 spiro atoms. The van der Waals surface area contributed by atoms with Gasteiger partial charge in [-0.15, -0.1) is 6.42 Å². The van der Waals surface area contributed by atoms with Gasteiger partial charge in [0.2, 0.25) is 0 Å². The molecule has 0 bridgehead atoms. The van der Waals surface area contributed by atoms with Gasteiger partial charge in [0.25, 0.3) is 0 Å². The van der Waals surface area contributed by atoms with Crippen LogP contribution in [-0.2, 0) is 6.54 Å². The van der Waals surface area contributed by atoms with E-state index in [4.69, 9.17) is 6.42 Å². The Kier molecular flexibility index (Phi) is 6.24. The molecule has 2 heteroatoms. The molecular formula is C29H44N2. The van der Waals surface area contributed by atoms with Crippen LogP contribution in [0.5, 0.6) is 0 Å². The van der Waals surface area contributed by atoms with E-state index in [1.54, 1.807) is 25.7 Å². The van der Waals surface area contributed by atoms with E-state index in [9.17, 15) is 0 Å². The highest BCUT2D eigenvalue weighted by atomic mass is 15.3. The molecule has 0 radical (unpaired) electrons. The summed E-state index contributed by atoms with van der Waals surface area (Å²) < 4.78 is 2.09. The summed E-state index contributed by atoms with van der Waals surface area (Å²) in [6, 6.07) is 0. The Bertz CT molecular complexity index is 787. The molecule has 5 rings (SSSR count). The van der Waals surface area contributed by atoms with E-state index < -0.39 is 0 Å². The molecule has 8 atom stereocenters. The first-order valence-corrected chi connectivity index (χ1v) is 13.6. The molecule has 1 heterocycles. The maximum Gasteiger partial charge on any atom is 0.0646 e. The minimum atomic E-state index is 0.563. The highest BCUT2D eigenvalue weighted by Crippen LogP contribution is 2.63. The van der Waals surface area contributed by atoms with Crippen LogP contribution in [0.15, 0.2) is 12.4 Å². The summed E-state index contributed by atoms with van der Waals surface area (Å²) in [5.74, 6) is 9.85. The van der Waals surface area contributed by atoms with Gasteiger partial charge in [-0.05, 0) is 105 Å². The number of hydrogen-bond donors (Lipinski definition) is 0. The van der Waals surface area contributed by atoms with Gasteiger partial charge < -0.3 is 0 Å². The van der Waals surface area contributed by atoms with Crippen molar-refractivity contribution < 1.29 is 0 Å². The maximum absolute atomic E-state index is 5.54. The van der Waals surface area contributed by atoms with Crippen LogP contribution in [0.3, 0.4) is 0 Å². The molecule has 1 aromatic heterocycles. The molecule has 4 aliphatic carbocycles. The molecule has 1 aromatic rings. The molecule has 0 aliphatic heterocycles. The van der Waals surface area contributed by atoms with Crippen LogP contribution in [0, 0.1) is 59.2 Å². The summed E-state index contributed by atoms with van der Waals surface area (Å²) in [7, 11) is 0. The van der Waals surface area contributed by atoms with Crippen molar-refractivity contribution in [3.8, 4) is 12.3 Å². The van der Waals surface area contributed by atoms with Crippen molar-refractivity contribution in [3.05, 3.63) is 18.0 Å². The molecule has 2 nitrogen and oxygen atoms in total. The van der Waals surface area contributed by atoms with E-state index in [-0.39, 0.29) is 0 Å². The summed E-state index contributed by atoms with van der Waals surface area (Å²) in [6.07, 6.45) is 28.7. The lowest BCUT2D eigenvalue weighted by Crippen LogP contribution is -2.52. The zero-order valence-corrected chi connectivity index (χ0v) is 20.1. The monoisotopic (exact) mass is 420 g/mol. The van der Waals surface area contributed by atoms with Gasteiger partial charge in [-0.3, -0.25) is 4.68 Å². The minimum absolute atomic E-state index is 0.563. The van der Waals surface area contributed by atoms with Gasteiger partial charge in [-0.1, -0.05) is 45.5 Å². The van der Waals surface area contributed by atoms with Crippen LogP contribution in [0.4, 0.5) is 0 Å². The number of nitrogens with zero attached hydrogens (tertiary/aromatic N) is 2. The fourth-order valence-electron chi connectivity index (χ4n) is 9.26. The average molecular weight is 421 g/mol. The number of hydrogen-bond acceptors (Lipinski definition) is 1. The fraction of sp³-hybridized carbons (Fsp3) is 0.828. The zero-order chi connectivity index (χ0) is 21.4. The zero-order valence-electron chi connectivity index (χ0n) is 20.1. The van der Waals surface area contributed by atoms with Gasteiger partial charge in [0.1, 0.15) is 0 Å². The molecule has 4 saturated carbocycles. The SMILES string of the molecule is C#Cc1cnn(CCC2CCCC3C4CCC5CC(CCC)CCC5C4CCC23C)c1. The average Bonchev–Trinajstić information content (AvgIpc) is 3.25. The lowest BCUT2D eigenvalue weighted by molar-refractivity contribution is -0.112. The molecule has 4 fully saturated rings. The van der Waals surface area contributed by atoms with Crippen LogP contribution < -0.4 is 0 Å². The molecule has 0 N–H and O–H groups in total. The second kappa shape index (κ2) is 8.96. The quantitative estimate of drug-likeness (QED) is 0.456. The molecule has 0 saturated heterocycles. The molecule has 0 aromatic carbocycles. The lowest BCUT2D eigenvalue weighted by Gasteiger charge is -2.61. The third-order valence-electron chi connectivity index (χ3n) is 10.7. The predicted molar refractivity (Wildman–Crippen MR) is 128 cm³/mol. The summed E-state index contributed by atoms with van der Waals surface area (Å²) in [5, 5.41) is 4.50. The standard InChI is InChI=1S/C29H44N2/c1-4-7-22-10-12-25-23(18-22)11-13-27-26(25)14-16-29(3)24(8-6-9-28(27)29)15-17-31-20-21(5-2)19-30-31/h2,19-20,22-28H,4,6-18H2,1,3H3. The van der Waals surface area contributed by atoms with Crippen LogP contribution in [-0.4, -0.2) is 9.78 Å². The smallest absolute Gasteiger partial charge is 0.0646 e. The third-order valence-corrected chi connectivity index (χ3v) is 10.7. The molecule has 31 heavy (non-hydrogen) atoms. The Morgan fingerprint density at radius 1 is 1.06 bits per heavy atom. The van der Waals surface area contributed by atoms with Gasteiger partial charge in [-0.2, -0.15) is 5.10 Å². The fourth-order valence-corrected chi connectivity index (χ4v) is 9.26. The first kappa shape index (κ1) is 21.6. The van der Waals surface area contributed by atoms with Crippen molar-refractivity contribution in [1.82, 2.24) is 9.78 Å². The van der Waals surface area contributed by atoms with Crippen molar-refractivity contribution in [2.24, 2.45) is 46.8 Å². The Morgan fingerprint density at radius 3 is 2.74 bits per heavy atom. The topological polar surface area (TPSA) is 17.8 Å². The number of fused-ring (bicyclic) bond motifs is 5. The van der Waals surface area contributed by atoms with E-state index in [1.807, 2.05) is 6.20 Å². The molecule has 0 amide bonds. The van der Waals surface area contributed by atoms with E-state index in [2.05, 4.69) is 35.7 Å². The Morgan fingerprint density at radius 2 is 1.94 bits per heavy atom. The number of aromatic nitrogens is 2. The van der Waals surface area contributed by atoms with Crippen molar-refractivity contribution in [2.75, 3.05) is 0 Å². The first-order valence-electron chi connectivity index (χ1n) is 13.6. The maximum atomic E-state index is 5.54. The third kappa shape index (κ3) is 4.00. The van der Waals surface area contributed by atoms with Gasteiger partial charge in [0.05, 0.1) is 11.8 Å². The largest absolute Gasteiger partial charge is 0.271 e. The molecule has 8 unspecified atom stereocenters. The van der Waals surface area contributed by atoms with Gasteiger partial charge in [-0.25, -0.2) is 0 Å². The second-order valence-electron chi connectivity index (χ2n) is 12.0. The highest BCUT2D eigenvalue weighted by Gasteiger charge is 2.55. The Labute approximate surface area is 191 Å². The number of rotatable bonds is 5. The van der Waals surface area contributed by atoms with Gasteiger partial charge >= 0.3 is 0 Å². The summed E-state index contributed by atoms with van der Waals surface area (Å²) in [5.41, 5.74) is 1.48. The Balaban J connectivity index is 1.26. The molecule has 170 valence electrons. The number of terminal acetylenes is 1.